The Morgan fingerprint density at radius 1 is 1.25 bits per heavy atom. The standard InChI is InChI=1S/C16H18N4O3S/c17-12-13(15(21)18-10-11-4-2-1-3-5-11)19-24-14(12)16(22)20-6-8-23-9-7-20/h1-5H,6-10,17H2,(H,18,21). The van der Waals surface area contributed by atoms with Crippen molar-refractivity contribution in [1.29, 1.82) is 0 Å². The molecule has 3 rings (SSSR count). The molecule has 1 aliphatic rings. The second kappa shape index (κ2) is 7.41. The molecule has 0 bridgehead atoms. The Balaban J connectivity index is 1.67. The lowest BCUT2D eigenvalue weighted by atomic mass is 10.2. The molecular formula is C16H18N4O3S. The molecule has 24 heavy (non-hydrogen) atoms. The number of aromatic nitrogens is 1. The Labute approximate surface area is 143 Å². The molecule has 0 unspecified atom stereocenters. The fraction of sp³-hybridized carbons (Fsp3) is 0.312. The van der Waals surface area contributed by atoms with Gasteiger partial charge in [-0.25, -0.2) is 0 Å². The summed E-state index contributed by atoms with van der Waals surface area (Å²) < 4.78 is 9.30. The number of anilines is 1. The molecule has 0 atom stereocenters. The first-order valence-corrected chi connectivity index (χ1v) is 8.38. The number of nitrogens with zero attached hydrogens (tertiary/aromatic N) is 2. The van der Waals surface area contributed by atoms with E-state index in [9.17, 15) is 9.59 Å². The maximum Gasteiger partial charge on any atom is 0.273 e. The molecule has 126 valence electrons. The molecule has 1 fully saturated rings. The third-order valence-corrected chi connectivity index (χ3v) is 4.58. The number of amides is 2. The summed E-state index contributed by atoms with van der Waals surface area (Å²) in [5.74, 6) is -0.580. The maximum atomic E-state index is 12.5. The number of nitrogens with two attached hydrogens (primary N) is 1. The second-order valence-electron chi connectivity index (χ2n) is 5.35. The van der Waals surface area contributed by atoms with Crippen molar-refractivity contribution in [3.63, 3.8) is 0 Å². The minimum absolute atomic E-state index is 0.104. The van der Waals surface area contributed by atoms with Crippen LogP contribution in [0, 0.1) is 0 Å². The number of nitrogens with one attached hydrogen (secondary N) is 1. The van der Waals surface area contributed by atoms with E-state index in [2.05, 4.69) is 9.69 Å². The van der Waals surface area contributed by atoms with Crippen LogP contribution in [0.2, 0.25) is 0 Å². The Morgan fingerprint density at radius 2 is 1.96 bits per heavy atom. The highest BCUT2D eigenvalue weighted by Crippen LogP contribution is 2.24. The van der Waals surface area contributed by atoms with Gasteiger partial charge in [0.2, 0.25) is 0 Å². The first-order chi connectivity index (χ1) is 11.7. The van der Waals surface area contributed by atoms with Gasteiger partial charge in [0.15, 0.2) is 5.69 Å². The van der Waals surface area contributed by atoms with Gasteiger partial charge in [-0.3, -0.25) is 9.59 Å². The van der Waals surface area contributed by atoms with E-state index in [1.54, 1.807) is 4.90 Å². The Bertz CT molecular complexity index is 726. The molecule has 1 aliphatic heterocycles. The number of benzene rings is 1. The fourth-order valence-electron chi connectivity index (χ4n) is 2.39. The van der Waals surface area contributed by atoms with Crippen molar-refractivity contribution >= 4 is 29.0 Å². The van der Waals surface area contributed by atoms with Gasteiger partial charge in [-0.05, 0) is 17.1 Å². The van der Waals surface area contributed by atoms with Crippen LogP contribution in [0.1, 0.15) is 25.7 Å². The van der Waals surface area contributed by atoms with Gasteiger partial charge in [0.1, 0.15) is 4.88 Å². The van der Waals surface area contributed by atoms with E-state index in [0.717, 1.165) is 17.1 Å². The van der Waals surface area contributed by atoms with Crippen molar-refractivity contribution in [2.24, 2.45) is 0 Å². The summed E-state index contributed by atoms with van der Waals surface area (Å²) in [4.78, 5) is 26.7. The van der Waals surface area contributed by atoms with E-state index < -0.39 is 0 Å². The molecule has 1 saturated heterocycles. The van der Waals surface area contributed by atoms with Crippen LogP contribution in [0.15, 0.2) is 30.3 Å². The second-order valence-corrected chi connectivity index (χ2v) is 6.12. The molecular weight excluding hydrogens is 328 g/mol. The number of morpholine rings is 1. The number of carbonyl (C=O) groups excluding carboxylic acids is 2. The van der Waals surface area contributed by atoms with Crippen molar-refractivity contribution in [1.82, 2.24) is 14.6 Å². The zero-order valence-electron chi connectivity index (χ0n) is 13.0. The fourth-order valence-corrected chi connectivity index (χ4v) is 3.15. The minimum Gasteiger partial charge on any atom is -0.395 e. The van der Waals surface area contributed by atoms with E-state index >= 15 is 0 Å². The normalized spacial score (nSPS) is 14.4. The van der Waals surface area contributed by atoms with E-state index in [-0.39, 0.29) is 23.2 Å². The number of hydrogen-bond donors (Lipinski definition) is 2. The summed E-state index contributed by atoms with van der Waals surface area (Å²) in [6.45, 7) is 2.44. The Morgan fingerprint density at radius 3 is 2.67 bits per heavy atom. The van der Waals surface area contributed by atoms with Gasteiger partial charge < -0.3 is 20.7 Å². The van der Waals surface area contributed by atoms with E-state index in [0.29, 0.717) is 37.7 Å². The molecule has 2 heterocycles. The van der Waals surface area contributed by atoms with Crippen molar-refractivity contribution in [3.05, 3.63) is 46.5 Å². The molecule has 2 amide bonds. The molecule has 3 N–H and O–H groups in total. The minimum atomic E-state index is -0.381. The summed E-state index contributed by atoms with van der Waals surface area (Å²) in [7, 11) is 0. The van der Waals surface area contributed by atoms with Crippen LogP contribution in [0.25, 0.3) is 0 Å². The average molecular weight is 346 g/mol. The van der Waals surface area contributed by atoms with Crippen molar-refractivity contribution in [3.8, 4) is 0 Å². The monoisotopic (exact) mass is 346 g/mol. The van der Waals surface area contributed by atoms with Gasteiger partial charge >= 0.3 is 0 Å². The molecule has 1 aromatic carbocycles. The zero-order chi connectivity index (χ0) is 16.9. The van der Waals surface area contributed by atoms with Crippen LogP contribution in [0.5, 0.6) is 0 Å². The van der Waals surface area contributed by atoms with E-state index in [1.165, 1.54) is 0 Å². The smallest absolute Gasteiger partial charge is 0.273 e. The topological polar surface area (TPSA) is 97.6 Å². The van der Waals surface area contributed by atoms with Gasteiger partial charge in [-0.15, -0.1) is 0 Å². The largest absolute Gasteiger partial charge is 0.395 e. The van der Waals surface area contributed by atoms with E-state index in [1.807, 2.05) is 30.3 Å². The summed E-state index contributed by atoms with van der Waals surface area (Å²) >= 11 is 0.960. The van der Waals surface area contributed by atoms with Gasteiger partial charge in [0.25, 0.3) is 11.8 Å². The SMILES string of the molecule is Nc1c(C(=O)NCc2ccccc2)nsc1C(=O)N1CCOCC1. The quantitative estimate of drug-likeness (QED) is 0.865. The Hall–Kier alpha value is -2.45. The van der Waals surface area contributed by atoms with Crippen molar-refractivity contribution in [2.75, 3.05) is 32.0 Å². The van der Waals surface area contributed by atoms with Gasteiger partial charge in [-0.1, -0.05) is 30.3 Å². The number of carbonyl (C=O) groups is 2. The van der Waals surface area contributed by atoms with Crippen LogP contribution < -0.4 is 11.1 Å². The van der Waals surface area contributed by atoms with Crippen LogP contribution >= 0.6 is 11.5 Å². The predicted octanol–water partition coefficient (Wildman–Crippen LogP) is 1.13. The molecule has 1 aromatic heterocycles. The van der Waals surface area contributed by atoms with Gasteiger partial charge in [-0.2, -0.15) is 4.37 Å². The summed E-state index contributed by atoms with van der Waals surface area (Å²) in [6, 6.07) is 9.54. The molecule has 0 radical (unpaired) electrons. The summed E-state index contributed by atoms with van der Waals surface area (Å²) in [5.41, 5.74) is 7.21. The number of nitrogen functional groups attached to an aromatic ring is 1. The molecule has 7 nitrogen and oxygen atoms in total. The molecule has 8 heteroatoms. The molecule has 0 spiro atoms. The van der Waals surface area contributed by atoms with Crippen molar-refractivity contribution in [2.45, 2.75) is 6.54 Å². The first-order valence-electron chi connectivity index (χ1n) is 7.61. The van der Waals surface area contributed by atoms with E-state index in [4.69, 9.17) is 10.5 Å². The van der Waals surface area contributed by atoms with Crippen LogP contribution in [-0.2, 0) is 11.3 Å². The highest BCUT2D eigenvalue weighted by Gasteiger charge is 2.26. The highest BCUT2D eigenvalue weighted by molar-refractivity contribution is 7.09. The lowest BCUT2D eigenvalue weighted by Crippen LogP contribution is -2.40. The van der Waals surface area contributed by atoms with Crippen molar-refractivity contribution < 1.29 is 14.3 Å². The van der Waals surface area contributed by atoms with Crippen LogP contribution in [0.4, 0.5) is 5.69 Å². The molecule has 2 aromatic rings. The third-order valence-electron chi connectivity index (χ3n) is 3.73. The number of ether oxygens (including phenoxy) is 1. The maximum absolute atomic E-state index is 12.5. The first kappa shape index (κ1) is 16.4. The number of hydrogen-bond acceptors (Lipinski definition) is 6. The summed E-state index contributed by atoms with van der Waals surface area (Å²) in [6.07, 6.45) is 0. The lowest BCUT2D eigenvalue weighted by Gasteiger charge is -2.26. The van der Waals surface area contributed by atoms with Crippen LogP contribution in [0.3, 0.4) is 0 Å². The Kier molecular flexibility index (Phi) is 5.07. The third kappa shape index (κ3) is 3.55. The lowest BCUT2D eigenvalue weighted by molar-refractivity contribution is 0.0307. The van der Waals surface area contributed by atoms with Gasteiger partial charge in [0, 0.05) is 19.6 Å². The summed E-state index contributed by atoms with van der Waals surface area (Å²) in [5, 5.41) is 2.77. The predicted molar refractivity (Wildman–Crippen MR) is 90.9 cm³/mol. The molecule has 0 aliphatic carbocycles. The van der Waals surface area contributed by atoms with Gasteiger partial charge in [0.05, 0.1) is 18.9 Å². The zero-order valence-corrected chi connectivity index (χ0v) is 13.8. The van der Waals surface area contributed by atoms with Crippen LogP contribution in [-0.4, -0.2) is 47.4 Å². The molecule has 0 saturated carbocycles. The average Bonchev–Trinajstić information content (AvgIpc) is 3.02. The highest BCUT2D eigenvalue weighted by atomic mass is 32.1. The number of rotatable bonds is 4.